The topological polar surface area (TPSA) is 37.8 Å². The maximum Gasteiger partial charge on any atom is 0.134 e. The standard InChI is InChI=1S/C11H19N3S2/c1-3-6-12-8(2)10-13-14-11(16-10)9-5-4-7-15-9/h8-9,12H,3-7H2,1-2H3. The Hall–Kier alpha value is -0.130. The molecule has 1 saturated heterocycles. The van der Waals surface area contributed by atoms with Gasteiger partial charge in [-0.2, -0.15) is 11.8 Å². The fourth-order valence-electron chi connectivity index (χ4n) is 1.77. The largest absolute Gasteiger partial charge is 0.308 e. The minimum atomic E-state index is 0.345. The van der Waals surface area contributed by atoms with Crippen LogP contribution in [-0.2, 0) is 0 Å². The van der Waals surface area contributed by atoms with Gasteiger partial charge in [-0.1, -0.05) is 18.3 Å². The van der Waals surface area contributed by atoms with Crippen LogP contribution in [0.5, 0.6) is 0 Å². The minimum Gasteiger partial charge on any atom is -0.308 e. The summed E-state index contributed by atoms with van der Waals surface area (Å²) >= 11 is 3.81. The van der Waals surface area contributed by atoms with Gasteiger partial charge in [-0.05, 0) is 38.5 Å². The lowest BCUT2D eigenvalue weighted by atomic mass is 10.3. The maximum absolute atomic E-state index is 4.34. The molecule has 1 aliphatic rings. The second-order valence-electron chi connectivity index (χ2n) is 4.16. The molecule has 0 aliphatic carbocycles. The van der Waals surface area contributed by atoms with Crippen molar-refractivity contribution in [1.29, 1.82) is 0 Å². The van der Waals surface area contributed by atoms with Gasteiger partial charge in [0, 0.05) is 0 Å². The van der Waals surface area contributed by atoms with E-state index in [2.05, 4.69) is 29.4 Å². The summed E-state index contributed by atoms with van der Waals surface area (Å²) in [5.41, 5.74) is 0. The molecule has 2 unspecified atom stereocenters. The monoisotopic (exact) mass is 257 g/mol. The highest BCUT2D eigenvalue weighted by molar-refractivity contribution is 7.99. The van der Waals surface area contributed by atoms with Crippen molar-refractivity contribution in [3.05, 3.63) is 10.0 Å². The van der Waals surface area contributed by atoms with Crippen LogP contribution in [0, 0.1) is 0 Å². The van der Waals surface area contributed by atoms with Gasteiger partial charge in [0.2, 0.25) is 0 Å². The van der Waals surface area contributed by atoms with E-state index in [4.69, 9.17) is 0 Å². The van der Waals surface area contributed by atoms with E-state index in [1.807, 2.05) is 11.8 Å². The normalized spacial score (nSPS) is 22.5. The van der Waals surface area contributed by atoms with E-state index in [-0.39, 0.29) is 0 Å². The highest BCUT2D eigenvalue weighted by atomic mass is 32.2. The number of nitrogens with one attached hydrogen (secondary N) is 1. The van der Waals surface area contributed by atoms with Crippen molar-refractivity contribution in [1.82, 2.24) is 15.5 Å². The molecule has 0 radical (unpaired) electrons. The number of hydrogen-bond acceptors (Lipinski definition) is 5. The van der Waals surface area contributed by atoms with Crippen LogP contribution < -0.4 is 5.32 Å². The van der Waals surface area contributed by atoms with Crippen molar-refractivity contribution >= 4 is 23.1 Å². The lowest BCUT2D eigenvalue weighted by molar-refractivity contribution is 0.564. The van der Waals surface area contributed by atoms with Gasteiger partial charge in [-0.15, -0.1) is 10.2 Å². The molecular weight excluding hydrogens is 238 g/mol. The average Bonchev–Trinajstić information content (AvgIpc) is 2.94. The third-order valence-electron chi connectivity index (χ3n) is 2.73. The molecule has 2 rings (SSSR count). The zero-order valence-electron chi connectivity index (χ0n) is 9.90. The van der Waals surface area contributed by atoms with E-state index >= 15 is 0 Å². The Kier molecular flexibility index (Phi) is 4.61. The van der Waals surface area contributed by atoms with E-state index < -0.39 is 0 Å². The van der Waals surface area contributed by atoms with E-state index in [1.165, 1.54) is 23.6 Å². The lowest BCUT2D eigenvalue weighted by Crippen LogP contribution is -2.18. The quantitative estimate of drug-likeness (QED) is 0.879. The highest BCUT2D eigenvalue weighted by Gasteiger charge is 2.22. The molecular formula is C11H19N3S2. The summed E-state index contributed by atoms with van der Waals surface area (Å²) in [5, 5.41) is 15.1. The molecule has 0 spiro atoms. The number of hydrogen-bond donors (Lipinski definition) is 1. The zero-order valence-corrected chi connectivity index (χ0v) is 11.5. The number of thioether (sulfide) groups is 1. The third-order valence-corrected chi connectivity index (χ3v) is 5.49. The molecule has 5 heteroatoms. The van der Waals surface area contributed by atoms with Crippen molar-refractivity contribution in [3.8, 4) is 0 Å². The summed E-state index contributed by atoms with van der Waals surface area (Å²) in [6.45, 7) is 5.40. The molecule has 1 fully saturated rings. The predicted octanol–water partition coefficient (Wildman–Crippen LogP) is 3.17. The van der Waals surface area contributed by atoms with E-state index in [0.717, 1.165) is 18.0 Å². The van der Waals surface area contributed by atoms with Gasteiger partial charge in [0.25, 0.3) is 0 Å². The van der Waals surface area contributed by atoms with Crippen LogP contribution in [0.25, 0.3) is 0 Å². The summed E-state index contributed by atoms with van der Waals surface area (Å²) in [5.74, 6) is 1.28. The first-order valence-corrected chi connectivity index (χ1v) is 7.86. The van der Waals surface area contributed by atoms with Crippen LogP contribution in [0.3, 0.4) is 0 Å². The van der Waals surface area contributed by atoms with Crippen molar-refractivity contribution in [3.63, 3.8) is 0 Å². The summed E-state index contributed by atoms with van der Waals surface area (Å²) in [6.07, 6.45) is 3.76. The van der Waals surface area contributed by atoms with Crippen LogP contribution >= 0.6 is 23.1 Å². The molecule has 0 saturated carbocycles. The van der Waals surface area contributed by atoms with Crippen molar-refractivity contribution in [2.24, 2.45) is 0 Å². The second kappa shape index (κ2) is 5.98. The van der Waals surface area contributed by atoms with Gasteiger partial charge >= 0.3 is 0 Å². The Morgan fingerprint density at radius 3 is 3.06 bits per heavy atom. The van der Waals surface area contributed by atoms with Crippen LogP contribution in [0.15, 0.2) is 0 Å². The Morgan fingerprint density at radius 1 is 1.50 bits per heavy atom. The first-order chi connectivity index (χ1) is 7.81. The predicted molar refractivity (Wildman–Crippen MR) is 71.1 cm³/mol. The molecule has 2 heterocycles. The van der Waals surface area contributed by atoms with Crippen LogP contribution in [0.1, 0.15) is 54.4 Å². The average molecular weight is 257 g/mol. The number of rotatable bonds is 5. The summed E-state index contributed by atoms with van der Waals surface area (Å²) in [6, 6.07) is 0.345. The van der Waals surface area contributed by atoms with Gasteiger partial charge in [0.1, 0.15) is 10.0 Å². The van der Waals surface area contributed by atoms with Crippen molar-refractivity contribution in [2.75, 3.05) is 12.3 Å². The summed E-state index contributed by atoms with van der Waals surface area (Å²) in [7, 11) is 0. The van der Waals surface area contributed by atoms with Crippen LogP contribution in [-0.4, -0.2) is 22.5 Å². The molecule has 0 bridgehead atoms. The Balaban J connectivity index is 1.95. The molecule has 3 nitrogen and oxygen atoms in total. The van der Waals surface area contributed by atoms with Crippen molar-refractivity contribution < 1.29 is 0 Å². The SMILES string of the molecule is CCCNC(C)c1nnc(C2CCCS2)s1. The van der Waals surface area contributed by atoms with Gasteiger partial charge < -0.3 is 5.32 Å². The van der Waals surface area contributed by atoms with Crippen molar-refractivity contribution in [2.45, 2.75) is 44.4 Å². The minimum absolute atomic E-state index is 0.345. The van der Waals surface area contributed by atoms with Crippen LogP contribution in [0.4, 0.5) is 0 Å². The number of aromatic nitrogens is 2. The van der Waals surface area contributed by atoms with Crippen LogP contribution in [0.2, 0.25) is 0 Å². The fourth-order valence-corrected chi connectivity index (χ4v) is 4.15. The molecule has 2 atom stereocenters. The Bertz CT molecular complexity index is 321. The van der Waals surface area contributed by atoms with E-state index in [1.54, 1.807) is 11.3 Å². The molecule has 0 amide bonds. The van der Waals surface area contributed by atoms with Gasteiger partial charge in [0.15, 0.2) is 0 Å². The first kappa shape index (κ1) is 12.3. The molecule has 0 aromatic carbocycles. The van der Waals surface area contributed by atoms with E-state index in [9.17, 15) is 0 Å². The molecule has 90 valence electrons. The lowest BCUT2D eigenvalue weighted by Gasteiger charge is -2.08. The van der Waals surface area contributed by atoms with Gasteiger partial charge in [0.05, 0.1) is 11.3 Å². The van der Waals surface area contributed by atoms with E-state index in [0.29, 0.717) is 11.3 Å². The second-order valence-corrected chi connectivity index (χ2v) is 6.51. The zero-order chi connectivity index (χ0) is 11.4. The smallest absolute Gasteiger partial charge is 0.134 e. The fraction of sp³-hybridized carbons (Fsp3) is 0.818. The molecule has 1 aromatic rings. The maximum atomic E-state index is 4.34. The third kappa shape index (κ3) is 2.96. The molecule has 1 aliphatic heterocycles. The number of nitrogens with zero attached hydrogens (tertiary/aromatic N) is 2. The molecule has 1 aromatic heterocycles. The summed E-state index contributed by atoms with van der Waals surface area (Å²) in [4.78, 5) is 0. The molecule has 16 heavy (non-hydrogen) atoms. The van der Waals surface area contributed by atoms with Gasteiger partial charge in [-0.3, -0.25) is 0 Å². The molecule has 1 N–H and O–H groups in total. The Morgan fingerprint density at radius 2 is 2.38 bits per heavy atom. The highest BCUT2D eigenvalue weighted by Crippen LogP contribution is 2.41. The Labute approximate surface area is 105 Å². The van der Waals surface area contributed by atoms with Gasteiger partial charge in [-0.25, -0.2) is 0 Å². The first-order valence-electron chi connectivity index (χ1n) is 5.99. The summed E-state index contributed by atoms with van der Waals surface area (Å²) < 4.78 is 0.